The van der Waals surface area contributed by atoms with E-state index in [4.69, 9.17) is 4.74 Å². The topological polar surface area (TPSA) is 76.3 Å². The molecular formula is C23H21N2O4+. The maximum Gasteiger partial charge on any atom is 0.338 e. The molecule has 146 valence electrons. The minimum atomic E-state index is -0.433. The average Bonchev–Trinajstić information content (AvgIpc) is 2.77. The van der Waals surface area contributed by atoms with Crippen molar-refractivity contribution < 1.29 is 23.7 Å². The van der Waals surface area contributed by atoms with Gasteiger partial charge in [-0.15, -0.1) is 0 Å². The van der Waals surface area contributed by atoms with Crippen LogP contribution in [0.1, 0.15) is 31.1 Å². The summed E-state index contributed by atoms with van der Waals surface area (Å²) in [5.41, 5.74) is 1.50. The maximum absolute atomic E-state index is 12.3. The Hall–Kier alpha value is -3.80. The first kappa shape index (κ1) is 19.9. The van der Waals surface area contributed by atoms with Crippen LogP contribution in [0.5, 0.6) is 0 Å². The molecule has 0 bridgehead atoms. The molecule has 0 spiro atoms. The first-order chi connectivity index (χ1) is 14.1. The third kappa shape index (κ3) is 5.84. The Balaban J connectivity index is 1.49. The molecule has 2 aromatic carbocycles. The number of hydrogen-bond donors (Lipinski definition) is 1. The molecule has 0 fully saturated rings. The zero-order valence-electron chi connectivity index (χ0n) is 15.8. The van der Waals surface area contributed by atoms with Crippen LogP contribution in [0, 0.1) is 0 Å². The summed E-state index contributed by atoms with van der Waals surface area (Å²) in [5, 5.41) is 2.70. The molecule has 29 heavy (non-hydrogen) atoms. The van der Waals surface area contributed by atoms with Crippen molar-refractivity contribution in [3.05, 3.63) is 102 Å². The second-order valence-electron chi connectivity index (χ2n) is 6.31. The fourth-order valence-electron chi connectivity index (χ4n) is 2.70. The lowest BCUT2D eigenvalue weighted by Crippen LogP contribution is -2.39. The molecule has 1 aromatic heterocycles. The second kappa shape index (κ2) is 9.94. The first-order valence-corrected chi connectivity index (χ1v) is 9.21. The average molecular weight is 389 g/mol. The molecule has 1 heterocycles. The Morgan fingerprint density at radius 2 is 1.41 bits per heavy atom. The molecule has 1 N–H and O–H groups in total. The van der Waals surface area contributed by atoms with Crippen LogP contribution < -0.4 is 9.88 Å². The van der Waals surface area contributed by atoms with Gasteiger partial charge in [-0.2, -0.15) is 4.57 Å². The SMILES string of the molecule is O=C(C[n+]1cccc(C(=O)NCCOC(=O)c2ccccc2)c1)c1ccccc1. The normalized spacial score (nSPS) is 10.2. The number of hydrogen-bond acceptors (Lipinski definition) is 4. The van der Waals surface area contributed by atoms with Crippen molar-refractivity contribution in [1.29, 1.82) is 0 Å². The Morgan fingerprint density at radius 3 is 2.10 bits per heavy atom. The monoisotopic (exact) mass is 389 g/mol. The van der Waals surface area contributed by atoms with E-state index in [0.29, 0.717) is 16.7 Å². The summed E-state index contributed by atoms with van der Waals surface area (Å²) in [7, 11) is 0. The molecule has 0 aliphatic carbocycles. The Morgan fingerprint density at radius 1 is 0.793 bits per heavy atom. The number of benzene rings is 2. The van der Waals surface area contributed by atoms with Crippen LogP contribution in [0.15, 0.2) is 85.2 Å². The van der Waals surface area contributed by atoms with Gasteiger partial charge in [0.15, 0.2) is 12.4 Å². The van der Waals surface area contributed by atoms with Gasteiger partial charge < -0.3 is 10.1 Å². The fourth-order valence-corrected chi connectivity index (χ4v) is 2.70. The summed E-state index contributed by atoms with van der Waals surface area (Å²) in [6.07, 6.45) is 3.35. The smallest absolute Gasteiger partial charge is 0.338 e. The van der Waals surface area contributed by atoms with E-state index in [1.54, 1.807) is 65.5 Å². The van der Waals surface area contributed by atoms with Gasteiger partial charge in [0.05, 0.1) is 12.1 Å². The molecule has 0 radical (unpaired) electrons. The van der Waals surface area contributed by atoms with Crippen molar-refractivity contribution in [2.45, 2.75) is 6.54 Å². The van der Waals surface area contributed by atoms with Crippen LogP contribution in [-0.4, -0.2) is 30.8 Å². The van der Waals surface area contributed by atoms with Crippen LogP contribution in [0.3, 0.4) is 0 Å². The van der Waals surface area contributed by atoms with Crippen LogP contribution in [-0.2, 0) is 11.3 Å². The number of nitrogens with zero attached hydrogens (tertiary/aromatic N) is 1. The molecule has 0 saturated heterocycles. The van der Waals surface area contributed by atoms with E-state index in [0.717, 1.165) is 0 Å². The van der Waals surface area contributed by atoms with E-state index in [1.165, 1.54) is 0 Å². The molecule has 6 heteroatoms. The van der Waals surface area contributed by atoms with Crippen LogP contribution in [0.2, 0.25) is 0 Å². The highest BCUT2D eigenvalue weighted by Crippen LogP contribution is 2.02. The van der Waals surface area contributed by atoms with E-state index >= 15 is 0 Å². The summed E-state index contributed by atoms with van der Waals surface area (Å²) >= 11 is 0. The molecular weight excluding hydrogens is 368 g/mol. The summed E-state index contributed by atoms with van der Waals surface area (Å²) in [6, 6.07) is 21.0. The van der Waals surface area contributed by atoms with Crippen LogP contribution in [0.4, 0.5) is 0 Å². The number of rotatable bonds is 8. The zero-order chi connectivity index (χ0) is 20.5. The maximum atomic E-state index is 12.3. The van der Waals surface area contributed by atoms with E-state index in [1.807, 2.05) is 24.3 Å². The first-order valence-electron chi connectivity index (χ1n) is 9.21. The van der Waals surface area contributed by atoms with Gasteiger partial charge in [-0.05, 0) is 18.2 Å². The van der Waals surface area contributed by atoms with Crippen molar-refractivity contribution >= 4 is 17.7 Å². The molecule has 0 atom stereocenters. The van der Waals surface area contributed by atoms with E-state index in [-0.39, 0.29) is 31.4 Å². The third-order valence-electron chi connectivity index (χ3n) is 4.17. The van der Waals surface area contributed by atoms with Gasteiger partial charge in [-0.3, -0.25) is 9.59 Å². The lowest BCUT2D eigenvalue weighted by molar-refractivity contribution is -0.683. The predicted octanol–water partition coefficient (Wildman–Crippen LogP) is 2.44. The minimum Gasteiger partial charge on any atom is -0.460 e. The summed E-state index contributed by atoms with van der Waals surface area (Å²) in [6.45, 7) is 0.397. The van der Waals surface area contributed by atoms with Crippen molar-refractivity contribution in [2.75, 3.05) is 13.2 Å². The molecule has 0 aliphatic rings. The highest BCUT2D eigenvalue weighted by Gasteiger charge is 2.15. The number of ether oxygens (including phenoxy) is 1. The predicted molar refractivity (Wildman–Crippen MR) is 106 cm³/mol. The zero-order valence-corrected chi connectivity index (χ0v) is 15.8. The van der Waals surface area contributed by atoms with Crippen LogP contribution in [0.25, 0.3) is 0 Å². The standard InChI is InChI=1S/C23H20N2O4/c26-21(18-8-3-1-4-9-18)17-25-14-7-12-20(16-25)22(27)24-13-15-29-23(28)19-10-5-2-6-11-19/h1-12,14,16H,13,15,17H2/p+1. The molecule has 0 unspecified atom stereocenters. The number of carbonyl (C=O) groups excluding carboxylic acids is 3. The van der Waals surface area contributed by atoms with E-state index in [2.05, 4.69) is 5.32 Å². The lowest BCUT2D eigenvalue weighted by atomic mass is 10.1. The second-order valence-corrected chi connectivity index (χ2v) is 6.31. The van der Waals surface area contributed by atoms with Gasteiger partial charge in [-0.1, -0.05) is 48.5 Å². The van der Waals surface area contributed by atoms with Gasteiger partial charge in [0, 0.05) is 11.6 Å². The molecule has 1 amide bonds. The number of pyridine rings is 1. The van der Waals surface area contributed by atoms with Gasteiger partial charge in [0.2, 0.25) is 12.3 Å². The Bertz CT molecular complexity index is 988. The number of esters is 1. The fraction of sp³-hybridized carbons (Fsp3) is 0.130. The Labute approximate surface area is 168 Å². The summed E-state index contributed by atoms with van der Waals surface area (Å²) < 4.78 is 6.80. The van der Waals surface area contributed by atoms with Gasteiger partial charge >= 0.3 is 5.97 Å². The van der Waals surface area contributed by atoms with Gasteiger partial charge in [0.1, 0.15) is 12.2 Å². The van der Waals surface area contributed by atoms with Crippen molar-refractivity contribution in [1.82, 2.24) is 5.32 Å². The lowest BCUT2D eigenvalue weighted by Gasteiger charge is -2.06. The molecule has 0 aliphatic heterocycles. The van der Waals surface area contributed by atoms with E-state index in [9.17, 15) is 14.4 Å². The number of amides is 1. The van der Waals surface area contributed by atoms with Crippen molar-refractivity contribution in [2.24, 2.45) is 0 Å². The van der Waals surface area contributed by atoms with Crippen molar-refractivity contribution in [3.63, 3.8) is 0 Å². The van der Waals surface area contributed by atoms with Crippen molar-refractivity contribution in [3.8, 4) is 0 Å². The minimum absolute atomic E-state index is 0.0408. The molecule has 3 rings (SSSR count). The molecule has 3 aromatic rings. The summed E-state index contributed by atoms with van der Waals surface area (Å²) in [4.78, 5) is 36.5. The third-order valence-corrected chi connectivity index (χ3v) is 4.17. The number of carbonyl (C=O) groups is 3. The summed E-state index contributed by atoms with van der Waals surface area (Å²) in [5.74, 6) is -0.778. The molecule has 0 saturated carbocycles. The highest BCUT2D eigenvalue weighted by molar-refractivity contribution is 5.95. The van der Waals surface area contributed by atoms with Gasteiger partial charge in [-0.25, -0.2) is 4.79 Å². The number of nitrogens with one attached hydrogen (secondary N) is 1. The highest BCUT2D eigenvalue weighted by atomic mass is 16.5. The van der Waals surface area contributed by atoms with Gasteiger partial charge in [0.25, 0.3) is 5.91 Å². The Kier molecular flexibility index (Phi) is 6.84. The quantitative estimate of drug-likeness (QED) is 0.278. The molecule has 6 nitrogen and oxygen atoms in total. The number of Topliss-reactive ketones (excluding diaryl/α,β-unsaturated/α-hetero) is 1. The van der Waals surface area contributed by atoms with E-state index < -0.39 is 5.97 Å². The number of aromatic nitrogens is 1. The number of ketones is 1. The largest absolute Gasteiger partial charge is 0.460 e. The van der Waals surface area contributed by atoms with Crippen LogP contribution >= 0.6 is 0 Å².